The van der Waals surface area contributed by atoms with Crippen molar-refractivity contribution in [2.75, 3.05) is 11.9 Å². The summed E-state index contributed by atoms with van der Waals surface area (Å²) in [7, 11) is 0. The Bertz CT molecular complexity index is 283. The Morgan fingerprint density at radius 2 is 2.60 bits per heavy atom. The van der Waals surface area contributed by atoms with E-state index in [1.54, 1.807) is 12.3 Å². The standard InChI is InChI=1S/C7H5N2O/c10-6-4-9-7-5(6)2-1-3-8-7/h1,3H,4H2,(H,8,9). The maximum absolute atomic E-state index is 10.9. The number of nitrogens with zero attached hydrogens (tertiary/aromatic N) is 1. The van der Waals surface area contributed by atoms with E-state index in [1.165, 1.54) is 0 Å². The van der Waals surface area contributed by atoms with Gasteiger partial charge in [-0.05, 0) is 12.1 Å². The summed E-state index contributed by atoms with van der Waals surface area (Å²) in [4.78, 5) is 14.9. The summed E-state index contributed by atoms with van der Waals surface area (Å²) < 4.78 is 0. The summed E-state index contributed by atoms with van der Waals surface area (Å²) in [6, 6.07) is 4.47. The smallest absolute Gasteiger partial charge is 0.186 e. The number of rotatable bonds is 0. The molecule has 0 aromatic carbocycles. The predicted octanol–water partition coefficient (Wildman–Crippen LogP) is 0.490. The highest BCUT2D eigenvalue weighted by Crippen LogP contribution is 2.16. The Labute approximate surface area is 58.1 Å². The van der Waals surface area contributed by atoms with Gasteiger partial charge in [-0.1, -0.05) is 0 Å². The SMILES string of the molecule is O=C1CNc2ncc[c]c21. The molecule has 0 bridgehead atoms. The van der Waals surface area contributed by atoms with Gasteiger partial charge in [0.15, 0.2) is 5.78 Å². The molecule has 1 aliphatic rings. The maximum atomic E-state index is 10.9. The van der Waals surface area contributed by atoms with E-state index in [0.717, 1.165) is 0 Å². The number of carbonyl (C=O) groups is 1. The number of carbonyl (C=O) groups excluding carboxylic acids is 1. The average Bonchev–Trinajstić information content (AvgIpc) is 2.34. The van der Waals surface area contributed by atoms with Gasteiger partial charge in [0, 0.05) is 6.20 Å². The molecule has 1 N–H and O–H groups in total. The van der Waals surface area contributed by atoms with Gasteiger partial charge in [-0.3, -0.25) is 4.79 Å². The molecule has 0 spiro atoms. The molecule has 0 unspecified atom stereocenters. The Balaban J connectivity index is 2.61. The van der Waals surface area contributed by atoms with Crippen LogP contribution in [0.2, 0.25) is 0 Å². The van der Waals surface area contributed by atoms with Gasteiger partial charge in [0.05, 0.1) is 12.1 Å². The topological polar surface area (TPSA) is 42.0 Å². The highest BCUT2D eigenvalue weighted by Gasteiger charge is 2.18. The third kappa shape index (κ3) is 0.603. The van der Waals surface area contributed by atoms with Crippen molar-refractivity contribution in [2.45, 2.75) is 0 Å². The summed E-state index contributed by atoms with van der Waals surface area (Å²) in [5.74, 6) is 0.732. The zero-order valence-electron chi connectivity index (χ0n) is 5.22. The average molecular weight is 133 g/mol. The molecule has 0 amide bonds. The van der Waals surface area contributed by atoms with E-state index in [2.05, 4.69) is 16.4 Å². The normalized spacial score (nSPS) is 14.6. The minimum Gasteiger partial charge on any atom is -0.362 e. The molecular weight excluding hydrogens is 128 g/mol. The quantitative estimate of drug-likeness (QED) is 0.560. The van der Waals surface area contributed by atoms with Gasteiger partial charge in [-0.25, -0.2) is 4.98 Å². The van der Waals surface area contributed by atoms with E-state index in [0.29, 0.717) is 17.9 Å². The lowest BCUT2D eigenvalue weighted by atomic mass is 10.2. The number of Topliss-reactive ketones (excluding diaryl/α,β-unsaturated/α-hetero) is 1. The van der Waals surface area contributed by atoms with E-state index in [4.69, 9.17) is 0 Å². The number of hydrogen-bond acceptors (Lipinski definition) is 3. The van der Waals surface area contributed by atoms with E-state index < -0.39 is 0 Å². The van der Waals surface area contributed by atoms with Crippen molar-refractivity contribution in [1.29, 1.82) is 0 Å². The lowest BCUT2D eigenvalue weighted by Gasteiger charge is -1.91. The second kappa shape index (κ2) is 1.80. The molecule has 0 saturated heterocycles. The first-order chi connectivity index (χ1) is 4.88. The molecule has 0 aliphatic carbocycles. The van der Waals surface area contributed by atoms with Crippen LogP contribution in [0.3, 0.4) is 0 Å². The summed E-state index contributed by atoms with van der Waals surface area (Å²) in [6.07, 6.45) is 1.62. The van der Waals surface area contributed by atoms with Gasteiger partial charge >= 0.3 is 0 Å². The first-order valence-electron chi connectivity index (χ1n) is 3.02. The van der Waals surface area contributed by atoms with Crippen LogP contribution in [0, 0.1) is 6.07 Å². The molecule has 3 nitrogen and oxygen atoms in total. The van der Waals surface area contributed by atoms with Gasteiger partial charge < -0.3 is 5.32 Å². The van der Waals surface area contributed by atoms with Gasteiger partial charge in [-0.15, -0.1) is 0 Å². The van der Waals surface area contributed by atoms with Crippen molar-refractivity contribution < 1.29 is 4.79 Å². The maximum Gasteiger partial charge on any atom is 0.186 e. The monoisotopic (exact) mass is 133 g/mol. The third-order valence-electron chi connectivity index (χ3n) is 1.44. The van der Waals surface area contributed by atoms with Crippen LogP contribution < -0.4 is 5.32 Å². The molecule has 10 heavy (non-hydrogen) atoms. The van der Waals surface area contributed by atoms with Gasteiger partial charge in [0.25, 0.3) is 0 Å². The summed E-state index contributed by atoms with van der Waals surface area (Å²) in [5.41, 5.74) is 0.586. The first-order valence-corrected chi connectivity index (χ1v) is 3.02. The molecule has 2 heterocycles. The van der Waals surface area contributed by atoms with E-state index in [-0.39, 0.29) is 5.78 Å². The molecule has 0 saturated carbocycles. The molecule has 1 aliphatic heterocycles. The molecule has 49 valence electrons. The Hall–Kier alpha value is -1.38. The molecule has 0 atom stereocenters. The Morgan fingerprint density at radius 1 is 1.70 bits per heavy atom. The summed E-state index contributed by atoms with van der Waals surface area (Å²) >= 11 is 0. The second-order valence-corrected chi connectivity index (χ2v) is 2.09. The molecule has 1 aromatic heterocycles. The van der Waals surface area contributed by atoms with Crippen molar-refractivity contribution >= 4 is 11.6 Å². The van der Waals surface area contributed by atoms with Crippen LogP contribution in [-0.2, 0) is 0 Å². The van der Waals surface area contributed by atoms with Crippen LogP contribution in [0.25, 0.3) is 0 Å². The van der Waals surface area contributed by atoms with Crippen LogP contribution in [-0.4, -0.2) is 17.3 Å². The number of ketones is 1. The van der Waals surface area contributed by atoms with Crippen molar-refractivity contribution in [3.8, 4) is 0 Å². The van der Waals surface area contributed by atoms with Crippen molar-refractivity contribution in [3.05, 3.63) is 23.9 Å². The van der Waals surface area contributed by atoms with Crippen molar-refractivity contribution in [2.24, 2.45) is 0 Å². The predicted molar refractivity (Wildman–Crippen MR) is 35.9 cm³/mol. The molecule has 1 radical (unpaired) electrons. The van der Waals surface area contributed by atoms with Crippen LogP contribution in [0.15, 0.2) is 12.3 Å². The van der Waals surface area contributed by atoms with Crippen LogP contribution in [0.4, 0.5) is 5.82 Å². The Morgan fingerprint density at radius 3 is 3.40 bits per heavy atom. The second-order valence-electron chi connectivity index (χ2n) is 2.09. The largest absolute Gasteiger partial charge is 0.362 e. The number of nitrogens with one attached hydrogen (secondary N) is 1. The Kier molecular flexibility index (Phi) is 0.974. The van der Waals surface area contributed by atoms with E-state index in [1.807, 2.05) is 0 Å². The third-order valence-corrected chi connectivity index (χ3v) is 1.44. The molecule has 0 fully saturated rings. The van der Waals surface area contributed by atoms with Gasteiger partial charge in [0.2, 0.25) is 0 Å². The minimum atomic E-state index is 0.0723. The molecule has 1 aromatic rings. The number of pyridine rings is 1. The fourth-order valence-electron chi connectivity index (χ4n) is 0.964. The molecular formula is C7H5N2O. The highest BCUT2D eigenvalue weighted by molar-refractivity contribution is 6.06. The zero-order chi connectivity index (χ0) is 6.97. The van der Waals surface area contributed by atoms with Crippen molar-refractivity contribution in [3.63, 3.8) is 0 Å². The van der Waals surface area contributed by atoms with Gasteiger partial charge in [-0.2, -0.15) is 0 Å². The molecule has 2 rings (SSSR count). The first kappa shape index (κ1) is 5.41. The van der Waals surface area contributed by atoms with E-state index >= 15 is 0 Å². The number of aromatic nitrogens is 1. The molecule has 3 heteroatoms. The number of anilines is 1. The summed E-state index contributed by atoms with van der Waals surface area (Å²) in [6.45, 7) is 0.364. The lowest BCUT2D eigenvalue weighted by Crippen LogP contribution is -2.00. The highest BCUT2D eigenvalue weighted by atomic mass is 16.1. The number of fused-ring (bicyclic) bond motifs is 1. The summed E-state index contributed by atoms with van der Waals surface area (Å²) in [5, 5.41) is 2.86. The lowest BCUT2D eigenvalue weighted by molar-refractivity contribution is 0.101. The van der Waals surface area contributed by atoms with Crippen molar-refractivity contribution in [1.82, 2.24) is 4.98 Å². The minimum absolute atomic E-state index is 0.0723. The number of hydrogen-bond donors (Lipinski definition) is 1. The van der Waals surface area contributed by atoms with E-state index in [9.17, 15) is 4.79 Å². The van der Waals surface area contributed by atoms with Crippen LogP contribution in [0.1, 0.15) is 10.4 Å². The fraction of sp³-hybridized carbons (Fsp3) is 0.143. The van der Waals surface area contributed by atoms with Crippen LogP contribution >= 0.6 is 0 Å². The fourth-order valence-corrected chi connectivity index (χ4v) is 0.964. The van der Waals surface area contributed by atoms with Gasteiger partial charge in [0.1, 0.15) is 5.82 Å². The van der Waals surface area contributed by atoms with Crippen LogP contribution in [0.5, 0.6) is 0 Å². The zero-order valence-corrected chi connectivity index (χ0v) is 5.22.